The Morgan fingerprint density at radius 2 is 2.10 bits per heavy atom. The van der Waals surface area contributed by atoms with Gasteiger partial charge in [0, 0.05) is 31.5 Å². The maximum atomic E-state index is 13.0. The summed E-state index contributed by atoms with van der Waals surface area (Å²) in [5.74, 6) is -0.213. The smallest absolute Gasteiger partial charge is 0.123 e. The Bertz CT molecular complexity index is 551. The van der Waals surface area contributed by atoms with Gasteiger partial charge in [0.25, 0.3) is 0 Å². The molecule has 1 aromatic carbocycles. The molecule has 0 aliphatic heterocycles. The number of aromatic nitrogens is 2. The predicted molar refractivity (Wildman–Crippen MR) is 78.1 cm³/mol. The van der Waals surface area contributed by atoms with Gasteiger partial charge in [-0.3, -0.25) is 9.58 Å². The largest absolute Gasteiger partial charge is 0.390 e. The first kappa shape index (κ1) is 14.2. The third-order valence-corrected chi connectivity index (χ3v) is 3.76. The highest BCUT2D eigenvalue weighted by molar-refractivity contribution is 5.16. The number of rotatable bonds is 7. The van der Waals surface area contributed by atoms with Crippen molar-refractivity contribution in [3.8, 4) is 0 Å². The minimum Gasteiger partial charge on any atom is -0.390 e. The van der Waals surface area contributed by atoms with E-state index in [1.807, 2.05) is 24.4 Å². The van der Waals surface area contributed by atoms with Crippen LogP contribution in [-0.2, 0) is 13.1 Å². The van der Waals surface area contributed by atoms with Crippen LogP contribution in [0, 0.1) is 5.82 Å². The molecule has 1 heterocycles. The van der Waals surface area contributed by atoms with Crippen LogP contribution in [0.5, 0.6) is 0 Å². The summed E-state index contributed by atoms with van der Waals surface area (Å²) in [4.78, 5) is 2.28. The van der Waals surface area contributed by atoms with Crippen molar-refractivity contribution in [2.45, 2.75) is 38.1 Å². The lowest BCUT2D eigenvalue weighted by molar-refractivity contribution is 0.0875. The number of halogens is 1. The second-order valence-corrected chi connectivity index (χ2v) is 5.67. The van der Waals surface area contributed by atoms with Crippen LogP contribution in [0.2, 0.25) is 0 Å². The molecule has 1 aromatic heterocycles. The molecule has 0 saturated heterocycles. The van der Waals surface area contributed by atoms with E-state index < -0.39 is 6.10 Å². The van der Waals surface area contributed by atoms with Gasteiger partial charge in [0.15, 0.2) is 0 Å². The minimum absolute atomic E-state index is 0.213. The lowest BCUT2D eigenvalue weighted by atomic mass is 10.2. The standard InChI is InChI=1S/C16H20FN3O/c17-14-4-2-13(3-5-14)10-19(15-6-7-15)11-16(21)12-20-9-1-8-18-20/h1-5,8-9,15-16,21H,6-7,10-12H2/t16-/m1/s1. The van der Waals surface area contributed by atoms with Crippen LogP contribution in [0.1, 0.15) is 18.4 Å². The fourth-order valence-corrected chi connectivity index (χ4v) is 2.56. The van der Waals surface area contributed by atoms with E-state index in [1.54, 1.807) is 10.9 Å². The molecule has 0 unspecified atom stereocenters. The normalized spacial score (nSPS) is 16.3. The summed E-state index contributed by atoms with van der Waals surface area (Å²) in [5.41, 5.74) is 1.08. The van der Waals surface area contributed by atoms with Crippen molar-refractivity contribution >= 4 is 0 Å². The molecule has 1 aliphatic carbocycles. The Kier molecular flexibility index (Phi) is 4.31. The van der Waals surface area contributed by atoms with Crippen LogP contribution >= 0.6 is 0 Å². The summed E-state index contributed by atoms with van der Waals surface area (Å²) in [6.45, 7) is 1.86. The monoisotopic (exact) mass is 289 g/mol. The van der Waals surface area contributed by atoms with Crippen molar-refractivity contribution in [2.75, 3.05) is 6.54 Å². The average Bonchev–Trinajstić information content (AvgIpc) is 3.19. The third-order valence-electron chi connectivity index (χ3n) is 3.76. The van der Waals surface area contributed by atoms with E-state index in [0.29, 0.717) is 19.1 Å². The van der Waals surface area contributed by atoms with Crippen molar-refractivity contribution in [3.63, 3.8) is 0 Å². The summed E-state index contributed by atoms with van der Waals surface area (Å²) >= 11 is 0. The lowest BCUT2D eigenvalue weighted by Gasteiger charge is -2.25. The first-order valence-electron chi connectivity index (χ1n) is 7.35. The number of aliphatic hydroxyl groups is 1. The van der Waals surface area contributed by atoms with E-state index in [2.05, 4.69) is 10.00 Å². The van der Waals surface area contributed by atoms with Crippen LogP contribution in [0.15, 0.2) is 42.7 Å². The summed E-state index contributed by atoms with van der Waals surface area (Å²) < 4.78 is 14.7. The van der Waals surface area contributed by atoms with Gasteiger partial charge in [-0.05, 0) is 36.6 Å². The van der Waals surface area contributed by atoms with Gasteiger partial charge in [0.2, 0.25) is 0 Å². The molecule has 21 heavy (non-hydrogen) atoms. The molecule has 1 aliphatic rings. The van der Waals surface area contributed by atoms with Gasteiger partial charge in [-0.15, -0.1) is 0 Å². The van der Waals surface area contributed by atoms with E-state index in [1.165, 1.54) is 25.0 Å². The fraction of sp³-hybridized carbons (Fsp3) is 0.438. The molecule has 0 spiro atoms. The average molecular weight is 289 g/mol. The molecule has 0 radical (unpaired) electrons. The molecule has 2 aromatic rings. The molecule has 1 N–H and O–H groups in total. The Balaban J connectivity index is 1.58. The van der Waals surface area contributed by atoms with Gasteiger partial charge in [-0.2, -0.15) is 5.10 Å². The van der Waals surface area contributed by atoms with Crippen molar-refractivity contribution in [2.24, 2.45) is 0 Å². The SMILES string of the molecule is O[C@H](CN(Cc1ccc(F)cc1)C1CC1)Cn1cccn1. The Morgan fingerprint density at radius 3 is 2.71 bits per heavy atom. The summed E-state index contributed by atoms with van der Waals surface area (Å²) in [6, 6.07) is 8.99. The van der Waals surface area contributed by atoms with Crippen molar-refractivity contribution in [3.05, 3.63) is 54.1 Å². The van der Waals surface area contributed by atoms with Gasteiger partial charge in [0.1, 0.15) is 5.82 Å². The fourth-order valence-electron chi connectivity index (χ4n) is 2.56. The highest BCUT2D eigenvalue weighted by Gasteiger charge is 2.30. The van der Waals surface area contributed by atoms with Crippen molar-refractivity contribution < 1.29 is 9.50 Å². The van der Waals surface area contributed by atoms with E-state index in [4.69, 9.17) is 0 Å². The first-order valence-corrected chi connectivity index (χ1v) is 7.35. The minimum atomic E-state index is -0.453. The van der Waals surface area contributed by atoms with Crippen LogP contribution in [0.25, 0.3) is 0 Å². The highest BCUT2D eigenvalue weighted by Crippen LogP contribution is 2.28. The lowest BCUT2D eigenvalue weighted by Crippen LogP contribution is -2.36. The number of aliphatic hydroxyl groups excluding tert-OH is 1. The van der Waals surface area contributed by atoms with E-state index in [0.717, 1.165) is 12.1 Å². The second kappa shape index (κ2) is 6.37. The molecule has 1 atom stereocenters. The molecule has 1 saturated carbocycles. The second-order valence-electron chi connectivity index (χ2n) is 5.67. The molecular formula is C16H20FN3O. The van der Waals surface area contributed by atoms with Gasteiger partial charge >= 0.3 is 0 Å². The quantitative estimate of drug-likeness (QED) is 0.848. The molecule has 5 heteroatoms. The Hall–Kier alpha value is -1.72. The Labute approximate surface area is 123 Å². The molecule has 1 fully saturated rings. The zero-order valence-corrected chi connectivity index (χ0v) is 11.9. The number of hydrogen-bond acceptors (Lipinski definition) is 3. The molecule has 3 rings (SSSR count). The van der Waals surface area contributed by atoms with E-state index in [-0.39, 0.29) is 5.82 Å². The molecule has 112 valence electrons. The maximum Gasteiger partial charge on any atom is 0.123 e. The van der Waals surface area contributed by atoms with Crippen LogP contribution in [0.3, 0.4) is 0 Å². The zero-order valence-electron chi connectivity index (χ0n) is 11.9. The highest BCUT2D eigenvalue weighted by atomic mass is 19.1. The van der Waals surface area contributed by atoms with Gasteiger partial charge in [0.05, 0.1) is 12.6 Å². The van der Waals surface area contributed by atoms with Crippen LogP contribution in [0.4, 0.5) is 4.39 Å². The molecular weight excluding hydrogens is 269 g/mol. The molecule has 0 bridgehead atoms. The van der Waals surface area contributed by atoms with E-state index in [9.17, 15) is 9.50 Å². The molecule has 4 nitrogen and oxygen atoms in total. The van der Waals surface area contributed by atoms with Gasteiger partial charge in [-0.25, -0.2) is 4.39 Å². The molecule has 0 amide bonds. The first-order chi connectivity index (χ1) is 10.2. The number of benzene rings is 1. The Morgan fingerprint density at radius 1 is 1.33 bits per heavy atom. The summed E-state index contributed by atoms with van der Waals surface area (Å²) in [5, 5.41) is 14.3. The number of nitrogens with zero attached hydrogens (tertiary/aromatic N) is 3. The summed E-state index contributed by atoms with van der Waals surface area (Å²) in [6.07, 6.45) is 5.46. The predicted octanol–water partition coefficient (Wildman–Crippen LogP) is 2.05. The van der Waals surface area contributed by atoms with Crippen molar-refractivity contribution in [1.29, 1.82) is 0 Å². The van der Waals surface area contributed by atoms with Gasteiger partial charge in [-0.1, -0.05) is 12.1 Å². The van der Waals surface area contributed by atoms with Crippen molar-refractivity contribution in [1.82, 2.24) is 14.7 Å². The zero-order chi connectivity index (χ0) is 14.7. The third kappa shape index (κ3) is 4.12. The maximum absolute atomic E-state index is 13.0. The van der Waals surface area contributed by atoms with Crippen LogP contribution < -0.4 is 0 Å². The number of hydrogen-bond donors (Lipinski definition) is 1. The van der Waals surface area contributed by atoms with Crippen LogP contribution in [-0.4, -0.2) is 38.5 Å². The van der Waals surface area contributed by atoms with E-state index >= 15 is 0 Å². The summed E-state index contributed by atoms with van der Waals surface area (Å²) in [7, 11) is 0. The van der Waals surface area contributed by atoms with Gasteiger partial charge < -0.3 is 5.11 Å². The topological polar surface area (TPSA) is 41.3 Å².